The fraction of sp³-hybridized carbons (Fsp3) is 0.423. The SMILES string of the molecule is CCCN(Cc1cccn1Cc1ccc(C(=O)N2CCN(C(=O)OCC)CC2)o1)C(=O)c1ccco1. The topological polar surface area (TPSA) is 101 Å². The molecular formula is C26H32N4O6. The summed E-state index contributed by atoms with van der Waals surface area (Å²) >= 11 is 0. The van der Waals surface area contributed by atoms with E-state index in [1.807, 2.05) is 29.8 Å². The number of hydrogen-bond acceptors (Lipinski definition) is 6. The van der Waals surface area contributed by atoms with Crippen molar-refractivity contribution in [3.8, 4) is 0 Å². The van der Waals surface area contributed by atoms with Crippen molar-refractivity contribution in [3.05, 3.63) is 71.8 Å². The van der Waals surface area contributed by atoms with Crippen LogP contribution in [0.15, 0.2) is 57.7 Å². The zero-order chi connectivity index (χ0) is 25.5. The third-order valence-corrected chi connectivity index (χ3v) is 6.08. The van der Waals surface area contributed by atoms with Crippen LogP contribution in [0.1, 0.15) is 52.8 Å². The molecule has 3 aromatic heterocycles. The molecule has 0 spiro atoms. The van der Waals surface area contributed by atoms with E-state index in [9.17, 15) is 14.4 Å². The van der Waals surface area contributed by atoms with Gasteiger partial charge in [-0.15, -0.1) is 0 Å². The van der Waals surface area contributed by atoms with Gasteiger partial charge in [-0.25, -0.2) is 4.79 Å². The molecule has 1 saturated heterocycles. The van der Waals surface area contributed by atoms with E-state index < -0.39 is 0 Å². The summed E-state index contributed by atoms with van der Waals surface area (Å²) in [5.74, 6) is 0.877. The molecule has 3 aromatic rings. The number of carbonyl (C=O) groups is 3. The Morgan fingerprint density at radius 1 is 0.972 bits per heavy atom. The number of rotatable bonds is 9. The number of nitrogens with zero attached hydrogens (tertiary/aromatic N) is 4. The minimum absolute atomic E-state index is 0.150. The van der Waals surface area contributed by atoms with Crippen molar-refractivity contribution < 1.29 is 28.0 Å². The summed E-state index contributed by atoms with van der Waals surface area (Å²) < 4.78 is 18.2. The van der Waals surface area contributed by atoms with Crippen molar-refractivity contribution in [2.75, 3.05) is 39.3 Å². The van der Waals surface area contributed by atoms with Crippen LogP contribution in [0.4, 0.5) is 4.79 Å². The lowest BCUT2D eigenvalue weighted by atomic mass is 10.3. The summed E-state index contributed by atoms with van der Waals surface area (Å²) in [6, 6.07) is 10.7. The van der Waals surface area contributed by atoms with E-state index in [-0.39, 0.29) is 23.7 Å². The maximum Gasteiger partial charge on any atom is 0.409 e. The summed E-state index contributed by atoms with van der Waals surface area (Å²) in [7, 11) is 0. The zero-order valence-electron chi connectivity index (χ0n) is 20.7. The van der Waals surface area contributed by atoms with Gasteiger partial charge in [0.1, 0.15) is 5.76 Å². The van der Waals surface area contributed by atoms with E-state index in [4.69, 9.17) is 13.6 Å². The van der Waals surface area contributed by atoms with Gasteiger partial charge in [-0.1, -0.05) is 6.92 Å². The van der Waals surface area contributed by atoms with Gasteiger partial charge in [0, 0.05) is 44.6 Å². The van der Waals surface area contributed by atoms with E-state index in [0.29, 0.717) is 63.9 Å². The van der Waals surface area contributed by atoms with Crippen molar-refractivity contribution in [2.24, 2.45) is 0 Å². The second kappa shape index (κ2) is 11.7. The van der Waals surface area contributed by atoms with Gasteiger partial charge in [0.2, 0.25) is 0 Å². The van der Waals surface area contributed by atoms with Crippen molar-refractivity contribution in [2.45, 2.75) is 33.4 Å². The van der Waals surface area contributed by atoms with Gasteiger partial charge in [0.15, 0.2) is 11.5 Å². The van der Waals surface area contributed by atoms with E-state index in [1.165, 1.54) is 6.26 Å². The molecule has 0 radical (unpaired) electrons. The van der Waals surface area contributed by atoms with Crippen LogP contribution in [0.2, 0.25) is 0 Å². The lowest BCUT2D eigenvalue weighted by Crippen LogP contribution is -2.50. The summed E-state index contributed by atoms with van der Waals surface area (Å²) in [6.07, 6.45) is 3.90. The lowest BCUT2D eigenvalue weighted by Gasteiger charge is -2.33. The molecule has 0 aliphatic carbocycles. The molecule has 192 valence electrons. The highest BCUT2D eigenvalue weighted by atomic mass is 16.6. The molecule has 3 amide bonds. The van der Waals surface area contributed by atoms with Gasteiger partial charge >= 0.3 is 6.09 Å². The molecule has 1 aliphatic heterocycles. The number of carbonyl (C=O) groups excluding carboxylic acids is 3. The minimum Gasteiger partial charge on any atom is -0.459 e. The second-order valence-corrected chi connectivity index (χ2v) is 8.58. The van der Waals surface area contributed by atoms with Crippen LogP contribution in [0.5, 0.6) is 0 Å². The first kappa shape index (κ1) is 25.2. The molecule has 0 N–H and O–H groups in total. The highest BCUT2D eigenvalue weighted by Gasteiger charge is 2.27. The average Bonchev–Trinajstić information content (AvgIpc) is 3.67. The molecule has 0 atom stereocenters. The monoisotopic (exact) mass is 496 g/mol. The molecule has 0 aromatic carbocycles. The average molecular weight is 497 g/mol. The molecule has 1 aliphatic rings. The molecule has 4 rings (SSSR count). The van der Waals surface area contributed by atoms with Crippen LogP contribution >= 0.6 is 0 Å². The fourth-order valence-electron chi connectivity index (χ4n) is 4.23. The van der Waals surface area contributed by atoms with Crippen molar-refractivity contribution in [1.82, 2.24) is 19.3 Å². The Bertz CT molecular complexity index is 1160. The first-order valence-corrected chi connectivity index (χ1v) is 12.3. The largest absolute Gasteiger partial charge is 0.459 e. The second-order valence-electron chi connectivity index (χ2n) is 8.58. The smallest absolute Gasteiger partial charge is 0.409 e. The van der Waals surface area contributed by atoms with Crippen molar-refractivity contribution in [3.63, 3.8) is 0 Å². The fourth-order valence-corrected chi connectivity index (χ4v) is 4.23. The Kier molecular flexibility index (Phi) is 8.14. The van der Waals surface area contributed by atoms with Crippen LogP contribution in [-0.2, 0) is 17.8 Å². The maximum absolute atomic E-state index is 12.9. The van der Waals surface area contributed by atoms with Crippen molar-refractivity contribution >= 4 is 17.9 Å². The standard InChI is InChI=1S/C26H32N4O6/c1-3-11-30(24(31)22-8-6-17-35-22)18-20-7-5-12-29(20)19-21-9-10-23(36-21)25(32)27-13-15-28(16-14-27)26(33)34-4-2/h5-10,12,17H,3-4,11,13-16,18-19H2,1-2H3. The molecule has 1 fully saturated rings. The summed E-state index contributed by atoms with van der Waals surface area (Å²) in [5.41, 5.74) is 0.947. The summed E-state index contributed by atoms with van der Waals surface area (Å²) in [6.45, 7) is 7.29. The molecule has 36 heavy (non-hydrogen) atoms. The quantitative estimate of drug-likeness (QED) is 0.448. The third-order valence-electron chi connectivity index (χ3n) is 6.08. The third kappa shape index (κ3) is 5.81. The van der Waals surface area contributed by atoms with Gasteiger partial charge in [-0.05, 0) is 49.7 Å². The van der Waals surface area contributed by atoms with Crippen LogP contribution in [0, 0.1) is 0 Å². The van der Waals surface area contributed by atoms with E-state index in [2.05, 4.69) is 0 Å². The number of piperazine rings is 1. The molecule has 10 nitrogen and oxygen atoms in total. The Morgan fingerprint density at radius 2 is 1.75 bits per heavy atom. The van der Waals surface area contributed by atoms with E-state index in [1.54, 1.807) is 45.9 Å². The van der Waals surface area contributed by atoms with Crippen LogP contribution < -0.4 is 0 Å². The van der Waals surface area contributed by atoms with Crippen LogP contribution in [-0.4, -0.2) is 76.5 Å². The highest BCUT2D eigenvalue weighted by Crippen LogP contribution is 2.17. The number of hydrogen-bond donors (Lipinski definition) is 0. The Morgan fingerprint density at radius 3 is 2.44 bits per heavy atom. The Balaban J connectivity index is 1.37. The molecule has 0 bridgehead atoms. The molecule has 10 heteroatoms. The molecular weight excluding hydrogens is 464 g/mol. The molecule has 4 heterocycles. The van der Waals surface area contributed by atoms with E-state index >= 15 is 0 Å². The first-order valence-electron chi connectivity index (χ1n) is 12.3. The van der Waals surface area contributed by atoms with Crippen molar-refractivity contribution in [1.29, 1.82) is 0 Å². The van der Waals surface area contributed by atoms with E-state index in [0.717, 1.165) is 12.1 Å². The summed E-state index contributed by atoms with van der Waals surface area (Å²) in [4.78, 5) is 42.7. The number of aromatic nitrogens is 1. The zero-order valence-corrected chi connectivity index (χ0v) is 20.7. The van der Waals surface area contributed by atoms with Gasteiger partial charge in [-0.3, -0.25) is 9.59 Å². The Hall–Kier alpha value is -3.95. The Labute approximate surface area is 210 Å². The predicted octanol–water partition coefficient (Wildman–Crippen LogP) is 3.69. The molecule has 0 unspecified atom stereocenters. The highest BCUT2D eigenvalue weighted by molar-refractivity contribution is 5.92. The van der Waals surface area contributed by atoms with Gasteiger partial charge in [0.05, 0.1) is 26.0 Å². The van der Waals surface area contributed by atoms with Crippen LogP contribution in [0.25, 0.3) is 0 Å². The first-order chi connectivity index (χ1) is 17.5. The number of amides is 3. The maximum atomic E-state index is 12.9. The lowest BCUT2D eigenvalue weighted by molar-refractivity contribution is 0.0544. The minimum atomic E-state index is -0.351. The summed E-state index contributed by atoms with van der Waals surface area (Å²) in [5, 5.41) is 0. The van der Waals surface area contributed by atoms with Gasteiger partial charge in [0.25, 0.3) is 11.8 Å². The van der Waals surface area contributed by atoms with Gasteiger partial charge < -0.3 is 32.8 Å². The normalized spacial score (nSPS) is 13.6. The predicted molar refractivity (Wildman–Crippen MR) is 130 cm³/mol. The molecule has 0 saturated carbocycles. The van der Waals surface area contributed by atoms with Crippen LogP contribution in [0.3, 0.4) is 0 Å². The van der Waals surface area contributed by atoms with Gasteiger partial charge in [-0.2, -0.15) is 0 Å². The number of furan rings is 2. The number of ether oxygens (including phenoxy) is 1.